The summed E-state index contributed by atoms with van der Waals surface area (Å²) in [6.45, 7) is 2.09. The number of hydrogen-bond donors (Lipinski definition) is 1. The number of halogens is 2. The van der Waals surface area contributed by atoms with Crippen LogP contribution >= 0.6 is 27.5 Å². The summed E-state index contributed by atoms with van der Waals surface area (Å²) in [4.78, 5) is 0. The highest BCUT2D eigenvalue weighted by Gasteiger charge is 2.17. The molecule has 0 heterocycles. The molecule has 1 N–H and O–H groups in total. The Balaban J connectivity index is 2.49. The van der Waals surface area contributed by atoms with Crippen LogP contribution in [-0.4, -0.2) is 14.2 Å². The Kier molecular flexibility index (Phi) is 5.08. The molecule has 2 aromatic carbocycles. The van der Waals surface area contributed by atoms with E-state index in [0.29, 0.717) is 10.8 Å². The SMILES string of the molecule is CNC(c1ccc(Cl)c(OC)c1)c1cccc(C)c1Br. The average molecular weight is 355 g/mol. The molecule has 0 bridgehead atoms. The van der Waals surface area contributed by atoms with Crippen molar-refractivity contribution in [1.29, 1.82) is 0 Å². The van der Waals surface area contributed by atoms with Crippen LogP contribution in [-0.2, 0) is 0 Å². The van der Waals surface area contributed by atoms with Gasteiger partial charge < -0.3 is 10.1 Å². The van der Waals surface area contributed by atoms with Crippen molar-refractivity contribution in [3.05, 3.63) is 62.6 Å². The zero-order valence-electron chi connectivity index (χ0n) is 11.7. The van der Waals surface area contributed by atoms with Crippen LogP contribution in [0.5, 0.6) is 5.75 Å². The first-order valence-corrected chi connectivity index (χ1v) is 7.51. The van der Waals surface area contributed by atoms with E-state index in [0.717, 1.165) is 10.0 Å². The van der Waals surface area contributed by atoms with Crippen molar-refractivity contribution in [2.75, 3.05) is 14.2 Å². The van der Waals surface area contributed by atoms with Gasteiger partial charge in [-0.05, 0) is 42.8 Å². The largest absolute Gasteiger partial charge is 0.495 e. The van der Waals surface area contributed by atoms with E-state index in [-0.39, 0.29) is 6.04 Å². The molecule has 0 aliphatic heterocycles. The second-order valence-electron chi connectivity index (χ2n) is 4.59. The number of benzene rings is 2. The summed E-state index contributed by atoms with van der Waals surface area (Å²) in [5.41, 5.74) is 3.51. The molecule has 20 heavy (non-hydrogen) atoms. The summed E-state index contributed by atoms with van der Waals surface area (Å²) in [5.74, 6) is 0.688. The van der Waals surface area contributed by atoms with Gasteiger partial charge in [0.05, 0.1) is 18.2 Å². The third-order valence-corrected chi connectivity index (χ3v) is 4.73. The number of nitrogens with one attached hydrogen (secondary N) is 1. The third-order valence-electron chi connectivity index (χ3n) is 3.33. The van der Waals surface area contributed by atoms with Crippen LogP contribution in [0.4, 0.5) is 0 Å². The minimum atomic E-state index is 0.0791. The van der Waals surface area contributed by atoms with Crippen LogP contribution in [0.2, 0.25) is 5.02 Å². The summed E-state index contributed by atoms with van der Waals surface area (Å²) in [7, 11) is 3.57. The molecule has 0 aliphatic carbocycles. The van der Waals surface area contributed by atoms with Gasteiger partial charge in [-0.1, -0.05) is 51.8 Å². The van der Waals surface area contributed by atoms with Crippen LogP contribution in [0, 0.1) is 6.92 Å². The first-order valence-electron chi connectivity index (χ1n) is 6.34. The molecule has 0 saturated carbocycles. The molecule has 2 rings (SSSR count). The fourth-order valence-corrected chi connectivity index (χ4v) is 2.94. The molecule has 1 unspecified atom stereocenters. The molecule has 0 amide bonds. The number of rotatable bonds is 4. The highest BCUT2D eigenvalue weighted by molar-refractivity contribution is 9.10. The zero-order chi connectivity index (χ0) is 14.7. The molecule has 1 atom stereocenters. The Morgan fingerprint density at radius 2 is 2.00 bits per heavy atom. The van der Waals surface area contributed by atoms with Crippen LogP contribution in [0.15, 0.2) is 40.9 Å². The van der Waals surface area contributed by atoms with Gasteiger partial charge in [0.25, 0.3) is 0 Å². The van der Waals surface area contributed by atoms with Crippen LogP contribution in [0.25, 0.3) is 0 Å². The number of hydrogen-bond acceptors (Lipinski definition) is 2. The maximum atomic E-state index is 6.09. The Bertz CT molecular complexity index is 615. The molecule has 0 spiro atoms. The first-order chi connectivity index (χ1) is 9.58. The fraction of sp³-hybridized carbons (Fsp3) is 0.250. The van der Waals surface area contributed by atoms with E-state index in [1.165, 1.54) is 11.1 Å². The van der Waals surface area contributed by atoms with Crippen LogP contribution in [0.1, 0.15) is 22.7 Å². The topological polar surface area (TPSA) is 21.3 Å². The number of ether oxygens (including phenoxy) is 1. The summed E-state index contributed by atoms with van der Waals surface area (Å²) in [6, 6.07) is 12.2. The quantitative estimate of drug-likeness (QED) is 0.857. The predicted octanol–water partition coefficient (Wildman–Crippen LogP) is 4.73. The third kappa shape index (κ3) is 3.00. The van der Waals surface area contributed by atoms with Crippen molar-refractivity contribution in [2.45, 2.75) is 13.0 Å². The second kappa shape index (κ2) is 6.61. The average Bonchev–Trinajstić information content (AvgIpc) is 2.45. The van der Waals surface area contributed by atoms with Gasteiger partial charge in [-0.3, -0.25) is 0 Å². The minimum Gasteiger partial charge on any atom is -0.495 e. The summed E-state index contributed by atoms with van der Waals surface area (Å²) in [6.07, 6.45) is 0. The molecule has 106 valence electrons. The lowest BCUT2D eigenvalue weighted by atomic mass is 9.97. The van der Waals surface area contributed by atoms with Gasteiger partial charge in [0, 0.05) is 4.47 Å². The molecular formula is C16H17BrClNO. The lowest BCUT2D eigenvalue weighted by molar-refractivity contribution is 0.414. The number of methoxy groups -OCH3 is 1. The standard InChI is InChI=1S/C16H17BrClNO/c1-10-5-4-6-12(15(10)17)16(19-2)11-7-8-13(18)14(9-11)20-3/h4-9,16,19H,1-3H3. The van der Waals surface area contributed by atoms with Gasteiger partial charge in [0.2, 0.25) is 0 Å². The number of aryl methyl sites for hydroxylation is 1. The van der Waals surface area contributed by atoms with E-state index in [1.807, 2.05) is 25.2 Å². The fourth-order valence-electron chi connectivity index (χ4n) is 2.25. The normalized spacial score (nSPS) is 12.2. The minimum absolute atomic E-state index is 0.0791. The van der Waals surface area contributed by atoms with E-state index in [4.69, 9.17) is 16.3 Å². The highest BCUT2D eigenvalue weighted by atomic mass is 79.9. The smallest absolute Gasteiger partial charge is 0.137 e. The molecule has 4 heteroatoms. The van der Waals surface area contributed by atoms with Gasteiger partial charge in [0.15, 0.2) is 0 Å². The maximum absolute atomic E-state index is 6.09. The van der Waals surface area contributed by atoms with Gasteiger partial charge in [0.1, 0.15) is 5.75 Å². The van der Waals surface area contributed by atoms with Gasteiger partial charge in [-0.15, -0.1) is 0 Å². The predicted molar refractivity (Wildman–Crippen MR) is 87.8 cm³/mol. The molecule has 2 aromatic rings. The van der Waals surface area contributed by atoms with E-state index < -0.39 is 0 Å². The zero-order valence-corrected chi connectivity index (χ0v) is 14.0. The Morgan fingerprint density at radius 3 is 2.65 bits per heavy atom. The summed E-state index contributed by atoms with van der Waals surface area (Å²) >= 11 is 9.76. The lowest BCUT2D eigenvalue weighted by Crippen LogP contribution is -2.18. The van der Waals surface area contributed by atoms with Crippen LogP contribution < -0.4 is 10.1 Å². The van der Waals surface area contributed by atoms with Crippen molar-refractivity contribution in [3.8, 4) is 5.75 Å². The van der Waals surface area contributed by atoms with Crippen molar-refractivity contribution in [1.82, 2.24) is 5.32 Å². The molecule has 0 radical (unpaired) electrons. The van der Waals surface area contributed by atoms with Crippen molar-refractivity contribution in [2.24, 2.45) is 0 Å². The summed E-state index contributed by atoms with van der Waals surface area (Å²) < 4.78 is 6.42. The van der Waals surface area contributed by atoms with Crippen molar-refractivity contribution in [3.63, 3.8) is 0 Å². The van der Waals surface area contributed by atoms with Gasteiger partial charge >= 0.3 is 0 Å². The highest BCUT2D eigenvalue weighted by Crippen LogP contribution is 2.34. The van der Waals surface area contributed by atoms with Crippen molar-refractivity contribution >= 4 is 27.5 Å². The van der Waals surface area contributed by atoms with E-state index in [1.54, 1.807) is 7.11 Å². The van der Waals surface area contributed by atoms with Crippen LogP contribution in [0.3, 0.4) is 0 Å². The lowest BCUT2D eigenvalue weighted by Gasteiger charge is -2.20. The molecule has 0 aromatic heterocycles. The molecule has 0 saturated heterocycles. The van der Waals surface area contributed by atoms with E-state index in [9.17, 15) is 0 Å². The molecule has 0 aliphatic rings. The van der Waals surface area contributed by atoms with Crippen molar-refractivity contribution < 1.29 is 4.74 Å². The van der Waals surface area contributed by atoms with Gasteiger partial charge in [-0.25, -0.2) is 0 Å². The Labute approximate surface area is 133 Å². The first kappa shape index (κ1) is 15.4. The Morgan fingerprint density at radius 1 is 1.25 bits per heavy atom. The Hall–Kier alpha value is -1.03. The second-order valence-corrected chi connectivity index (χ2v) is 5.79. The van der Waals surface area contributed by atoms with E-state index in [2.05, 4.69) is 46.4 Å². The molecule has 0 fully saturated rings. The summed E-state index contributed by atoms with van der Waals surface area (Å²) in [5, 5.41) is 3.96. The van der Waals surface area contributed by atoms with Gasteiger partial charge in [-0.2, -0.15) is 0 Å². The monoisotopic (exact) mass is 353 g/mol. The maximum Gasteiger partial charge on any atom is 0.137 e. The molecule has 2 nitrogen and oxygen atoms in total. The van der Waals surface area contributed by atoms with E-state index >= 15 is 0 Å². The molecular weight excluding hydrogens is 338 g/mol.